The molecule has 4 aromatic rings. The third-order valence-electron chi connectivity index (χ3n) is 5.99. The SMILES string of the molecule is COc1ccccc1N1CCN(C(c2ccc(F)cc2)c2nnc(-c3ccccc3)o2)CC1. The van der Waals surface area contributed by atoms with E-state index in [1.54, 1.807) is 19.2 Å². The molecule has 1 unspecified atom stereocenters. The van der Waals surface area contributed by atoms with E-state index in [0.717, 1.165) is 48.7 Å². The fourth-order valence-electron chi connectivity index (χ4n) is 4.31. The van der Waals surface area contributed by atoms with Gasteiger partial charge in [-0.05, 0) is 42.0 Å². The van der Waals surface area contributed by atoms with Crippen molar-refractivity contribution in [3.63, 3.8) is 0 Å². The average Bonchev–Trinajstić information content (AvgIpc) is 3.36. The molecular formula is C26H25FN4O2. The molecule has 33 heavy (non-hydrogen) atoms. The Morgan fingerprint density at radius 1 is 0.848 bits per heavy atom. The Morgan fingerprint density at radius 3 is 2.27 bits per heavy atom. The maximum absolute atomic E-state index is 13.6. The van der Waals surface area contributed by atoms with Crippen LogP contribution in [-0.4, -0.2) is 48.4 Å². The maximum atomic E-state index is 13.6. The van der Waals surface area contributed by atoms with Gasteiger partial charge in [-0.25, -0.2) is 4.39 Å². The zero-order chi connectivity index (χ0) is 22.6. The molecule has 1 saturated heterocycles. The summed E-state index contributed by atoms with van der Waals surface area (Å²) in [6.45, 7) is 3.20. The smallest absolute Gasteiger partial charge is 0.247 e. The monoisotopic (exact) mass is 444 g/mol. The van der Waals surface area contributed by atoms with Crippen molar-refractivity contribution in [3.05, 3.63) is 96.1 Å². The molecule has 0 amide bonds. The van der Waals surface area contributed by atoms with Gasteiger partial charge in [-0.2, -0.15) is 0 Å². The number of ether oxygens (including phenoxy) is 1. The minimum absolute atomic E-state index is 0.254. The summed E-state index contributed by atoms with van der Waals surface area (Å²) in [4.78, 5) is 4.63. The second kappa shape index (κ2) is 9.42. The molecule has 1 aliphatic rings. The van der Waals surface area contributed by atoms with E-state index in [0.29, 0.717) is 11.8 Å². The van der Waals surface area contributed by atoms with Crippen LogP contribution >= 0.6 is 0 Å². The molecule has 3 aromatic carbocycles. The highest BCUT2D eigenvalue weighted by Crippen LogP contribution is 2.33. The largest absolute Gasteiger partial charge is 0.495 e. The Labute approximate surface area is 192 Å². The Morgan fingerprint density at radius 2 is 1.55 bits per heavy atom. The van der Waals surface area contributed by atoms with Gasteiger partial charge < -0.3 is 14.1 Å². The first kappa shape index (κ1) is 21.2. The Hall–Kier alpha value is -3.71. The van der Waals surface area contributed by atoms with Gasteiger partial charge in [-0.1, -0.05) is 42.5 Å². The second-order valence-corrected chi connectivity index (χ2v) is 7.96. The van der Waals surface area contributed by atoms with Crippen molar-refractivity contribution in [1.82, 2.24) is 15.1 Å². The highest BCUT2D eigenvalue weighted by molar-refractivity contribution is 5.58. The first-order chi connectivity index (χ1) is 16.2. The zero-order valence-electron chi connectivity index (χ0n) is 18.4. The van der Waals surface area contributed by atoms with Gasteiger partial charge >= 0.3 is 0 Å². The lowest BCUT2D eigenvalue weighted by Crippen LogP contribution is -2.48. The molecule has 5 rings (SSSR count). The van der Waals surface area contributed by atoms with Crippen molar-refractivity contribution in [2.24, 2.45) is 0 Å². The van der Waals surface area contributed by atoms with Gasteiger partial charge in [0.25, 0.3) is 0 Å². The fraction of sp³-hybridized carbons (Fsp3) is 0.231. The predicted molar refractivity (Wildman–Crippen MR) is 125 cm³/mol. The van der Waals surface area contributed by atoms with E-state index >= 15 is 0 Å². The topological polar surface area (TPSA) is 54.6 Å². The fourth-order valence-corrected chi connectivity index (χ4v) is 4.31. The molecule has 0 radical (unpaired) electrons. The van der Waals surface area contributed by atoms with E-state index in [2.05, 4.69) is 26.1 Å². The maximum Gasteiger partial charge on any atom is 0.247 e. The Kier molecular flexibility index (Phi) is 6.04. The van der Waals surface area contributed by atoms with Crippen LogP contribution in [0.1, 0.15) is 17.5 Å². The van der Waals surface area contributed by atoms with E-state index in [4.69, 9.17) is 9.15 Å². The number of piperazine rings is 1. The second-order valence-electron chi connectivity index (χ2n) is 7.96. The molecule has 2 heterocycles. The minimum Gasteiger partial charge on any atom is -0.495 e. The average molecular weight is 445 g/mol. The molecule has 0 aliphatic carbocycles. The van der Waals surface area contributed by atoms with E-state index in [9.17, 15) is 4.39 Å². The summed E-state index contributed by atoms with van der Waals surface area (Å²) in [5.41, 5.74) is 2.88. The number of anilines is 1. The summed E-state index contributed by atoms with van der Waals surface area (Å²) in [5.74, 6) is 1.58. The summed E-state index contributed by atoms with van der Waals surface area (Å²) in [7, 11) is 1.69. The molecule has 0 N–H and O–H groups in total. The molecule has 0 spiro atoms. The minimum atomic E-state index is -0.269. The molecule has 7 heteroatoms. The number of benzene rings is 3. The van der Waals surface area contributed by atoms with Gasteiger partial charge in [-0.15, -0.1) is 10.2 Å². The number of halogens is 1. The van der Waals surface area contributed by atoms with Crippen LogP contribution in [0.25, 0.3) is 11.5 Å². The first-order valence-electron chi connectivity index (χ1n) is 11.0. The summed E-state index contributed by atoms with van der Waals surface area (Å²) < 4.78 is 25.3. The number of rotatable bonds is 6. The van der Waals surface area contributed by atoms with E-state index in [1.807, 2.05) is 48.5 Å². The highest BCUT2D eigenvalue weighted by Gasteiger charge is 2.31. The van der Waals surface area contributed by atoms with Gasteiger partial charge in [0.2, 0.25) is 11.8 Å². The van der Waals surface area contributed by atoms with Gasteiger partial charge in [0.1, 0.15) is 17.6 Å². The molecule has 1 aliphatic heterocycles. The van der Waals surface area contributed by atoms with Crippen molar-refractivity contribution in [2.75, 3.05) is 38.2 Å². The third kappa shape index (κ3) is 4.45. The lowest BCUT2D eigenvalue weighted by atomic mass is 10.0. The van der Waals surface area contributed by atoms with Crippen molar-refractivity contribution in [3.8, 4) is 17.2 Å². The van der Waals surface area contributed by atoms with Crippen molar-refractivity contribution >= 4 is 5.69 Å². The number of hydrogen-bond donors (Lipinski definition) is 0. The van der Waals surface area contributed by atoms with Crippen molar-refractivity contribution in [2.45, 2.75) is 6.04 Å². The molecular weight excluding hydrogens is 419 g/mol. The first-order valence-corrected chi connectivity index (χ1v) is 11.0. The Balaban J connectivity index is 1.42. The number of methoxy groups -OCH3 is 1. The lowest BCUT2D eigenvalue weighted by molar-refractivity contribution is 0.187. The standard InChI is InChI=1S/C26H25FN4O2/c1-32-23-10-6-5-9-22(23)30-15-17-31(18-16-30)24(19-11-13-21(27)14-12-19)26-29-28-25(33-26)20-7-3-2-4-8-20/h2-14,24H,15-18H2,1H3. The molecule has 1 atom stereocenters. The zero-order valence-corrected chi connectivity index (χ0v) is 18.4. The van der Waals surface area contributed by atoms with Crippen LogP contribution in [0.5, 0.6) is 5.75 Å². The van der Waals surface area contributed by atoms with Gasteiger partial charge in [0, 0.05) is 31.7 Å². The predicted octanol–water partition coefficient (Wildman–Crippen LogP) is 4.80. The number of hydrogen-bond acceptors (Lipinski definition) is 6. The molecule has 0 bridgehead atoms. The van der Waals surface area contributed by atoms with Crippen LogP contribution in [0.15, 0.2) is 83.3 Å². The number of para-hydroxylation sites is 2. The number of nitrogens with zero attached hydrogens (tertiary/aromatic N) is 4. The summed E-state index contributed by atoms with van der Waals surface area (Å²) in [6.07, 6.45) is 0. The summed E-state index contributed by atoms with van der Waals surface area (Å²) in [5, 5.41) is 8.67. The van der Waals surface area contributed by atoms with Gasteiger partial charge in [0.15, 0.2) is 0 Å². The quantitative estimate of drug-likeness (QED) is 0.426. The van der Waals surface area contributed by atoms with E-state index < -0.39 is 0 Å². The molecule has 0 saturated carbocycles. The highest BCUT2D eigenvalue weighted by atomic mass is 19.1. The third-order valence-corrected chi connectivity index (χ3v) is 5.99. The van der Waals surface area contributed by atoms with Gasteiger partial charge in [0.05, 0.1) is 12.8 Å². The normalized spacial score (nSPS) is 15.4. The molecule has 1 fully saturated rings. The summed E-state index contributed by atoms with van der Waals surface area (Å²) >= 11 is 0. The van der Waals surface area contributed by atoms with Crippen molar-refractivity contribution < 1.29 is 13.5 Å². The van der Waals surface area contributed by atoms with Crippen LogP contribution < -0.4 is 9.64 Å². The molecule has 168 valence electrons. The molecule has 6 nitrogen and oxygen atoms in total. The molecule has 1 aromatic heterocycles. The van der Waals surface area contributed by atoms with Crippen LogP contribution in [0, 0.1) is 5.82 Å². The van der Waals surface area contributed by atoms with E-state index in [-0.39, 0.29) is 11.9 Å². The van der Waals surface area contributed by atoms with Crippen LogP contribution in [0.3, 0.4) is 0 Å². The van der Waals surface area contributed by atoms with Gasteiger partial charge in [-0.3, -0.25) is 4.90 Å². The lowest BCUT2D eigenvalue weighted by Gasteiger charge is -2.39. The van der Waals surface area contributed by atoms with Crippen molar-refractivity contribution in [1.29, 1.82) is 0 Å². The Bertz CT molecular complexity index is 1190. The van der Waals surface area contributed by atoms with Crippen LogP contribution in [0.4, 0.5) is 10.1 Å². The van der Waals surface area contributed by atoms with Crippen LogP contribution in [-0.2, 0) is 0 Å². The summed E-state index contributed by atoms with van der Waals surface area (Å²) in [6, 6.07) is 24.0. The van der Waals surface area contributed by atoms with Crippen LogP contribution in [0.2, 0.25) is 0 Å². The van der Waals surface area contributed by atoms with E-state index in [1.165, 1.54) is 12.1 Å². The number of aromatic nitrogens is 2.